The molecule has 2 saturated carbocycles. The Hall–Kier alpha value is -1.71. The Labute approximate surface area is 137 Å². The molecule has 1 amide bonds. The fraction of sp³-hybridized carbons (Fsp3) is 0.632. The lowest BCUT2D eigenvalue weighted by Gasteiger charge is -2.23. The van der Waals surface area contributed by atoms with Gasteiger partial charge in [0.2, 0.25) is 12.7 Å². The molecule has 3 aliphatic rings. The van der Waals surface area contributed by atoms with Gasteiger partial charge in [-0.3, -0.25) is 4.79 Å². The molecule has 0 bridgehead atoms. The van der Waals surface area contributed by atoms with Crippen LogP contribution in [0.2, 0.25) is 0 Å². The second-order valence-corrected chi connectivity index (χ2v) is 7.13. The second-order valence-electron chi connectivity index (χ2n) is 7.13. The highest BCUT2D eigenvalue weighted by molar-refractivity contribution is 5.77. The zero-order valence-corrected chi connectivity index (χ0v) is 13.6. The fourth-order valence-corrected chi connectivity index (χ4v) is 3.81. The lowest BCUT2D eigenvalue weighted by molar-refractivity contribution is -0.132. The van der Waals surface area contributed by atoms with Gasteiger partial charge < -0.3 is 14.4 Å². The molecule has 2 fully saturated rings. The van der Waals surface area contributed by atoms with Crippen LogP contribution in [-0.2, 0) is 11.3 Å². The Bertz CT molecular complexity index is 576. The summed E-state index contributed by atoms with van der Waals surface area (Å²) in [5, 5.41) is 0. The van der Waals surface area contributed by atoms with Gasteiger partial charge in [0.05, 0.1) is 0 Å². The molecule has 1 aromatic rings. The van der Waals surface area contributed by atoms with Gasteiger partial charge in [0.1, 0.15) is 0 Å². The minimum atomic E-state index is 0.297. The maximum Gasteiger partial charge on any atom is 0.231 e. The summed E-state index contributed by atoms with van der Waals surface area (Å²) in [5.74, 6) is 2.72. The van der Waals surface area contributed by atoms with E-state index < -0.39 is 0 Å². The molecule has 0 saturated heterocycles. The van der Waals surface area contributed by atoms with Crippen LogP contribution in [0.5, 0.6) is 11.5 Å². The first-order valence-electron chi connectivity index (χ1n) is 8.97. The van der Waals surface area contributed by atoms with Crippen LogP contribution in [0.3, 0.4) is 0 Å². The van der Waals surface area contributed by atoms with E-state index in [0.29, 0.717) is 31.7 Å². The number of rotatable bonds is 6. The topological polar surface area (TPSA) is 38.8 Å². The average molecular weight is 315 g/mol. The lowest BCUT2D eigenvalue weighted by atomic mass is 10.0. The van der Waals surface area contributed by atoms with Crippen LogP contribution in [0.15, 0.2) is 18.2 Å². The normalized spacial score (nSPS) is 20.0. The van der Waals surface area contributed by atoms with Crippen molar-refractivity contribution in [2.24, 2.45) is 5.92 Å². The Morgan fingerprint density at radius 2 is 1.87 bits per heavy atom. The van der Waals surface area contributed by atoms with Crippen molar-refractivity contribution in [2.75, 3.05) is 6.79 Å². The van der Waals surface area contributed by atoms with Gasteiger partial charge in [-0.25, -0.2) is 0 Å². The van der Waals surface area contributed by atoms with Crippen molar-refractivity contribution in [1.82, 2.24) is 4.90 Å². The summed E-state index contributed by atoms with van der Waals surface area (Å²) < 4.78 is 10.8. The van der Waals surface area contributed by atoms with E-state index in [0.717, 1.165) is 42.2 Å². The number of ether oxygens (including phenoxy) is 2. The van der Waals surface area contributed by atoms with Crippen molar-refractivity contribution < 1.29 is 14.3 Å². The Balaban J connectivity index is 1.38. The van der Waals surface area contributed by atoms with E-state index in [9.17, 15) is 4.79 Å². The van der Waals surface area contributed by atoms with Crippen LogP contribution in [-0.4, -0.2) is 23.6 Å². The molecule has 0 atom stereocenters. The number of carbonyl (C=O) groups excluding carboxylic acids is 1. The maximum absolute atomic E-state index is 12.7. The number of amides is 1. The maximum atomic E-state index is 12.7. The molecule has 2 aliphatic carbocycles. The summed E-state index contributed by atoms with van der Waals surface area (Å²) in [7, 11) is 0. The third kappa shape index (κ3) is 3.46. The van der Waals surface area contributed by atoms with E-state index in [2.05, 4.69) is 4.90 Å². The van der Waals surface area contributed by atoms with Gasteiger partial charge in [0, 0.05) is 19.0 Å². The number of benzene rings is 1. The zero-order chi connectivity index (χ0) is 15.6. The van der Waals surface area contributed by atoms with Gasteiger partial charge >= 0.3 is 0 Å². The third-order valence-corrected chi connectivity index (χ3v) is 5.34. The third-order valence-electron chi connectivity index (χ3n) is 5.34. The molecule has 124 valence electrons. The van der Waals surface area contributed by atoms with Gasteiger partial charge in [0.15, 0.2) is 11.5 Å². The molecule has 4 nitrogen and oxygen atoms in total. The highest BCUT2D eigenvalue weighted by Gasteiger charge is 2.33. The number of hydrogen-bond acceptors (Lipinski definition) is 3. The van der Waals surface area contributed by atoms with E-state index in [1.165, 1.54) is 25.7 Å². The van der Waals surface area contributed by atoms with E-state index in [-0.39, 0.29) is 0 Å². The van der Waals surface area contributed by atoms with Crippen LogP contribution in [0.25, 0.3) is 0 Å². The first-order valence-corrected chi connectivity index (χ1v) is 8.97. The zero-order valence-electron chi connectivity index (χ0n) is 13.6. The van der Waals surface area contributed by atoms with Crippen molar-refractivity contribution >= 4 is 5.91 Å². The summed E-state index contributed by atoms with van der Waals surface area (Å²) in [5.41, 5.74) is 1.13. The molecule has 0 unspecified atom stereocenters. The summed E-state index contributed by atoms with van der Waals surface area (Å²) in [6, 6.07) is 6.47. The highest BCUT2D eigenvalue weighted by Crippen LogP contribution is 2.35. The van der Waals surface area contributed by atoms with Crippen molar-refractivity contribution in [3.63, 3.8) is 0 Å². The lowest BCUT2D eigenvalue weighted by Crippen LogP contribution is -2.32. The fourth-order valence-electron chi connectivity index (χ4n) is 3.81. The minimum absolute atomic E-state index is 0.297. The molecule has 0 aromatic heterocycles. The van der Waals surface area contributed by atoms with Gasteiger partial charge in [0.25, 0.3) is 0 Å². The van der Waals surface area contributed by atoms with Gasteiger partial charge in [-0.05, 0) is 42.9 Å². The summed E-state index contributed by atoms with van der Waals surface area (Å²) >= 11 is 0. The van der Waals surface area contributed by atoms with Crippen molar-refractivity contribution in [3.05, 3.63) is 23.8 Å². The van der Waals surface area contributed by atoms with Gasteiger partial charge in [-0.15, -0.1) is 0 Å². The molecule has 0 spiro atoms. The van der Waals surface area contributed by atoms with Crippen molar-refractivity contribution in [3.8, 4) is 11.5 Å². The Morgan fingerprint density at radius 3 is 2.65 bits per heavy atom. The van der Waals surface area contributed by atoms with Crippen LogP contribution in [0.1, 0.15) is 56.9 Å². The molecule has 4 heteroatoms. The van der Waals surface area contributed by atoms with E-state index in [4.69, 9.17) is 9.47 Å². The SMILES string of the molecule is O=C(CCC1CCCC1)N(Cc1ccc2c(c1)OCO2)C1CC1. The number of fused-ring (bicyclic) bond motifs is 1. The molecule has 1 aliphatic heterocycles. The molecule has 4 rings (SSSR count). The number of nitrogens with zero attached hydrogens (tertiary/aromatic N) is 1. The minimum Gasteiger partial charge on any atom is -0.454 e. The standard InChI is InChI=1S/C19H25NO3/c21-19(10-6-14-3-1-2-4-14)20(16-7-8-16)12-15-5-9-17-18(11-15)23-13-22-17/h5,9,11,14,16H,1-4,6-8,10,12-13H2. The van der Waals surface area contributed by atoms with Gasteiger partial charge in [-0.1, -0.05) is 31.7 Å². The van der Waals surface area contributed by atoms with Crippen molar-refractivity contribution in [2.45, 2.75) is 64.0 Å². The quantitative estimate of drug-likeness (QED) is 0.800. The number of hydrogen-bond donors (Lipinski definition) is 0. The molecular formula is C19H25NO3. The van der Waals surface area contributed by atoms with Crippen molar-refractivity contribution in [1.29, 1.82) is 0 Å². The molecule has 1 aromatic carbocycles. The largest absolute Gasteiger partial charge is 0.454 e. The first-order chi connectivity index (χ1) is 11.3. The van der Waals surface area contributed by atoms with E-state index in [1.54, 1.807) is 0 Å². The molecule has 1 heterocycles. The summed E-state index contributed by atoms with van der Waals surface area (Å²) in [4.78, 5) is 14.8. The molecular weight excluding hydrogens is 290 g/mol. The van der Waals surface area contributed by atoms with Gasteiger partial charge in [-0.2, -0.15) is 0 Å². The molecule has 0 radical (unpaired) electrons. The first kappa shape index (κ1) is 14.9. The Morgan fingerprint density at radius 1 is 1.09 bits per heavy atom. The average Bonchev–Trinajstić information content (AvgIpc) is 3.08. The van der Waals surface area contributed by atoms with E-state index >= 15 is 0 Å². The summed E-state index contributed by atoms with van der Waals surface area (Å²) in [6.07, 6.45) is 9.43. The molecule has 23 heavy (non-hydrogen) atoms. The van der Waals surface area contributed by atoms with Crippen LogP contribution in [0, 0.1) is 5.92 Å². The predicted molar refractivity (Wildman–Crippen MR) is 87.3 cm³/mol. The highest BCUT2D eigenvalue weighted by atomic mass is 16.7. The monoisotopic (exact) mass is 315 g/mol. The number of carbonyl (C=O) groups is 1. The smallest absolute Gasteiger partial charge is 0.231 e. The second kappa shape index (κ2) is 6.42. The molecule has 0 N–H and O–H groups in total. The van der Waals surface area contributed by atoms with Crippen LogP contribution < -0.4 is 9.47 Å². The Kier molecular flexibility index (Phi) is 4.15. The van der Waals surface area contributed by atoms with Crippen LogP contribution in [0.4, 0.5) is 0 Å². The van der Waals surface area contributed by atoms with E-state index in [1.807, 2.05) is 18.2 Å². The summed E-state index contributed by atoms with van der Waals surface area (Å²) in [6.45, 7) is 0.996. The predicted octanol–water partition coefficient (Wildman–Crippen LogP) is 3.88. The van der Waals surface area contributed by atoms with Crippen LogP contribution >= 0.6 is 0 Å².